The fraction of sp³-hybridized carbons (Fsp3) is 1.00. The van der Waals surface area contributed by atoms with Crippen molar-refractivity contribution in [2.75, 3.05) is 20.6 Å². The lowest BCUT2D eigenvalue weighted by atomic mass is 9.98. The van der Waals surface area contributed by atoms with Gasteiger partial charge >= 0.3 is 0 Å². The molecule has 3 nitrogen and oxygen atoms in total. The van der Waals surface area contributed by atoms with Crippen LogP contribution in [-0.4, -0.2) is 42.8 Å². The highest BCUT2D eigenvalue weighted by Gasteiger charge is 2.22. The van der Waals surface area contributed by atoms with Crippen LogP contribution in [0.15, 0.2) is 0 Å². The molecule has 0 heterocycles. The van der Waals surface area contributed by atoms with E-state index >= 15 is 0 Å². The minimum absolute atomic E-state index is 0.167. The van der Waals surface area contributed by atoms with Gasteiger partial charge in [0.15, 0.2) is 0 Å². The van der Waals surface area contributed by atoms with Crippen LogP contribution in [0.2, 0.25) is 0 Å². The molecule has 3 heteroatoms. The predicted octanol–water partition coefficient (Wildman–Crippen LogP) is -0.108. The Morgan fingerprint density at radius 2 is 1.82 bits per heavy atom. The Morgan fingerprint density at radius 3 is 1.91 bits per heavy atom. The van der Waals surface area contributed by atoms with Crippen molar-refractivity contribution in [2.45, 2.75) is 26.0 Å². The smallest absolute Gasteiger partial charge is 0.0819 e. The van der Waals surface area contributed by atoms with Gasteiger partial charge < -0.3 is 15.7 Å². The molecule has 0 spiro atoms. The normalized spacial score (nSPS) is 17.5. The van der Waals surface area contributed by atoms with Crippen LogP contribution < -0.4 is 5.73 Å². The van der Waals surface area contributed by atoms with Gasteiger partial charge in [0.2, 0.25) is 0 Å². The van der Waals surface area contributed by atoms with E-state index in [1.54, 1.807) is 0 Å². The first-order chi connectivity index (χ1) is 5.00. The monoisotopic (exact) mass is 160 g/mol. The second-order valence-corrected chi connectivity index (χ2v) is 3.50. The maximum absolute atomic E-state index is 9.49. The van der Waals surface area contributed by atoms with Crippen LogP contribution in [-0.2, 0) is 0 Å². The SMILES string of the molecule is CC(C)C(C(O)CN)N(C)C. The molecule has 0 saturated heterocycles. The fourth-order valence-electron chi connectivity index (χ4n) is 1.52. The molecule has 2 unspecified atom stereocenters. The summed E-state index contributed by atoms with van der Waals surface area (Å²) in [4.78, 5) is 2.02. The molecule has 0 bridgehead atoms. The second kappa shape index (κ2) is 4.70. The Bertz CT molecular complexity index is 96.3. The van der Waals surface area contributed by atoms with Crippen LogP contribution in [0.25, 0.3) is 0 Å². The van der Waals surface area contributed by atoms with Crippen LogP contribution in [0.1, 0.15) is 13.8 Å². The topological polar surface area (TPSA) is 49.5 Å². The van der Waals surface area contributed by atoms with Crippen LogP contribution in [0, 0.1) is 5.92 Å². The lowest BCUT2D eigenvalue weighted by molar-refractivity contribution is 0.0563. The van der Waals surface area contributed by atoms with Crippen molar-refractivity contribution in [1.29, 1.82) is 0 Å². The van der Waals surface area contributed by atoms with Crippen LogP contribution in [0.4, 0.5) is 0 Å². The molecule has 0 fully saturated rings. The Hall–Kier alpha value is -0.120. The van der Waals surface area contributed by atoms with Crippen molar-refractivity contribution in [3.8, 4) is 0 Å². The summed E-state index contributed by atoms with van der Waals surface area (Å²) < 4.78 is 0. The summed E-state index contributed by atoms with van der Waals surface area (Å²) in [6.45, 7) is 4.51. The molecule has 11 heavy (non-hydrogen) atoms. The van der Waals surface area contributed by atoms with Gasteiger partial charge in [-0.2, -0.15) is 0 Å². The third kappa shape index (κ3) is 3.18. The molecule has 0 aliphatic rings. The molecule has 0 aromatic heterocycles. The van der Waals surface area contributed by atoms with Crippen molar-refractivity contribution < 1.29 is 5.11 Å². The number of aliphatic hydroxyl groups excluding tert-OH is 1. The average Bonchev–Trinajstić information content (AvgIpc) is 1.85. The van der Waals surface area contributed by atoms with E-state index in [0.717, 1.165) is 0 Å². The van der Waals surface area contributed by atoms with Gasteiger partial charge in [0.25, 0.3) is 0 Å². The molecule has 0 aromatic rings. The summed E-state index contributed by atoms with van der Waals surface area (Å²) in [7, 11) is 3.92. The molecule has 0 rings (SSSR count). The first kappa shape index (κ1) is 10.9. The Balaban J connectivity index is 4.09. The van der Waals surface area contributed by atoms with Crippen molar-refractivity contribution in [2.24, 2.45) is 11.7 Å². The van der Waals surface area contributed by atoms with Crippen LogP contribution >= 0.6 is 0 Å². The summed E-state index contributed by atoms with van der Waals surface area (Å²) in [5.41, 5.74) is 5.37. The van der Waals surface area contributed by atoms with Crippen molar-refractivity contribution >= 4 is 0 Å². The molecule has 68 valence electrons. The van der Waals surface area contributed by atoms with Crippen molar-refractivity contribution in [3.63, 3.8) is 0 Å². The van der Waals surface area contributed by atoms with E-state index in [-0.39, 0.29) is 6.04 Å². The van der Waals surface area contributed by atoms with E-state index < -0.39 is 6.10 Å². The molecule has 0 radical (unpaired) electrons. The van der Waals surface area contributed by atoms with Gasteiger partial charge in [0, 0.05) is 12.6 Å². The molecule has 0 saturated carbocycles. The number of hydrogen-bond acceptors (Lipinski definition) is 3. The maximum atomic E-state index is 9.49. The highest BCUT2D eigenvalue weighted by molar-refractivity contribution is 4.78. The van der Waals surface area contributed by atoms with Gasteiger partial charge in [-0.05, 0) is 20.0 Å². The zero-order chi connectivity index (χ0) is 9.02. The predicted molar refractivity (Wildman–Crippen MR) is 47.4 cm³/mol. The molecule has 0 aliphatic carbocycles. The number of likely N-dealkylation sites (N-methyl/N-ethyl adjacent to an activating group) is 1. The van der Waals surface area contributed by atoms with E-state index in [1.165, 1.54) is 0 Å². The molecule has 0 aromatic carbocycles. The van der Waals surface area contributed by atoms with E-state index in [1.807, 2.05) is 19.0 Å². The molecular weight excluding hydrogens is 140 g/mol. The lowest BCUT2D eigenvalue weighted by Crippen LogP contribution is -2.46. The number of rotatable bonds is 4. The Kier molecular flexibility index (Phi) is 4.65. The number of nitrogens with two attached hydrogens (primary N) is 1. The fourth-order valence-corrected chi connectivity index (χ4v) is 1.52. The van der Waals surface area contributed by atoms with Gasteiger partial charge in [-0.15, -0.1) is 0 Å². The lowest BCUT2D eigenvalue weighted by Gasteiger charge is -2.31. The maximum Gasteiger partial charge on any atom is 0.0819 e. The summed E-state index contributed by atoms with van der Waals surface area (Å²) in [6, 6.07) is 0.167. The van der Waals surface area contributed by atoms with Gasteiger partial charge in [-0.1, -0.05) is 13.8 Å². The quantitative estimate of drug-likeness (QED) is 0.603. The Labute approximate surface area is 69.2 Å². The van der Waals surface area contributed by atoms with Gasteiger partial charge in [-0.3, -0.25) is 0 Å². The number of nitrogens with zero attached hydrogens (tertiary/aromatic N) is 1. The average molecular weight is 160 g/mol. The standard InChI is InChI=1S/C8H20N2O/c1-6(2)8(10(3)4)7(11)5-9/h6-8,11H,5,9H2,1-4H3. The highest BCUT2D eigenvalue weighted by atomic mass is 16.3. The summed E-state index contributed by atoms with van der Waals surface area (Å²) in [5, 5.41) is 9.49. The van der Waals surface area contributed by atoms with E-state index in [2.05, 4.69) is 13.8 Å². The third-order valence-electron chi connectivity index (χ3n) is 1.92. The summed E-state index contributed by atoms with van der Waals surface area (Å²) in [6.07, 6.45) is -0.412. The summed E-state index contributed by atoms with van der Waals surface area (Å²) >= 11 is 0. The first-order valence-electron chi connectivity index (χ1n) is 4.05. The first-order valence-corrected chi connectivity index (χ1v) is 4.05. The molecular formula is C8H20N2O. The minimum Gasteiger partial charge on any atom is -0.390 e. The van der Waals surface area contributed by atoms with E-state index in [9.17, 15) is 5.11 Å². The molecule has 3 N–H and O–H groups in total. The number of hydrogen-bond donors (Lipinski definition) is 2. The van der Waals surface area contributed by atoms with E-state index in [4.69, 9.17) is 5.73 Å². The van der Waals surface area contributed by atoms with Crippen molar-refractivity contribution in [1.82, 2.24) is 4.90 Å². The van der Waals surface area contributed by atoms with Crippen LogP contribution in [0.5, 0.6) is 0 Å². The molecule has 2 atom stereocenters. The molecule has 0 amide bonds. The minimum atomic E-state index is -0.412. The second-order valence-electron chi connectivity index (χ2n) is 3.50. The van der Waals surface area contributed by atoms with Crippen molar-refractivity contribution in [3.05, 3.63) is 0 Å². The van der Waals surface area contributed by atoms with Gasteiger partial charge in [0.1, 0.15) is 0 Å². The zero-order valence-corrected chi connectivity index (χ0v) is 7.91. The van der Waals surface area contributed by atoms with Gasteiger partial charge in [0.05, 0.1) is 6.10 Å². The zero-order valence-electron chi connectivity index (χ0n) is 7.91. The van der Waals surface area contributed by atoms with E-state index in [0.29, 0.717) is 12.5 Å². The largest absolute Gasteiger partial charge is 0.390 e. The van der Waals surface area contributed by atoms with Crippen LogP contribution in [0.3, 0.4) is 0 Å². The highest BCUT2D eigenvalue weighted by Crippen LogP contribution is 2.10. The summed E-state index contributed by atoms with van der Waals surface area (Å²) in [5.74, 6) is 0.434. The Morgan fingerprint density at radius 1 is 1.36 bits per heavy atom. The molecule has 0 aliphatic heterocycles. The van der Waals surface area contributed by atoms with Gasteiger partial charge in [-0.25, -0.2) is 0 Å². The number of aliphatic hydroxyl groups is 1. The third-order valence-corrected chi connectivity index (χ3v) is 1.92.